The van der Waals surface area contributed by atoms with E-state index in [0.717, 1.165) is 20.7 Å². The van der Waals surface area contributed by atoms with Gasteiger partial charge >= 0.3 is 0 Å². The summed E-state index contributed by atoms with van der Waals surface area (Å²) in [5.74, 6) is -0.173. The van der Waals surface area contributed by atoms with Crippen molar-refractivity contribution in [3.8, 4) is 10.4 Å². The smallest absolute Gasteiger partial charge is 0.169 e. The average Bonchev–Trinajstić information content (AvgIpc) is 2.97. The van der Waals surface area contributed by atoms with Gasteiger partial charge in [0.25, 0.3) is 0 Å². The molecule has 3 aromatic rings. The Morgan fingerprint density at radius 1 is 1.17 bits per heavy atom. The number of rotatable bonds is 4. The molecule has 4 nitrogen and oxygen atoms in total. The average molecular weight is 342 g/mol. The fourth-order valence-electron chi connectivity index (χ4n) is 2.16. The highest BCUT2D eigenvalue weighted by molar-refractivity contribution is 8.04. The van der Waals surface area contributed by atoms with Crippen LogP contribution in [0.4, 0.5) is 0 Å². The van der Waals surface area contributed by atoms with Crippen molar-refractivity contribution < 1.29 is 9.90 Å². The molecule has 0 aliphatic carbocycles. The molecule has 0 bridgehead atoms. The van der Waals surface area contributed by atoms with Crippen LogP contribution in [-0.2, 0) is 4.79 Å². The van der Waals surface area contributed by atoms with Crippen LogP contribution in [0.15, 0.2) is 58.4 Å². The predicted molar refractivity (Wildman–Crippen MR) is 94.7 cm³/mol. The SMILES string of the molecule is CC(=O)/C(Sc1ncnc2sc(-c3ccccc3)cc12)=C(\C)O. The van der Waals surface area contributed by atoms with Gasteiger partial charge in [-0.25, -0.2) is 9.97 Å². The molecule has 0 saturated carbocycles. The van der Waals surface area contributed by atoms with Crippen LogP contribution in [0, 0.1) is 0 Å². The van der Waals surface area contributed by atoms with Gasteiger partial charge in [0.2, 0.25) is 0 Å². The van der Waals surface area contributed by atoms with E-state index in [9.17, 15) is 9.90 Å². The zero-order valence-corrected chi connectivity index (χ0v) is 14.2. The quantitative estimate of drug-likeness (QED) is 0.318. The number of allylic oxidation sites excluding steroid dienone is 2. The molecular weight excluding hydrogens is 328 g/mol. The number of aromatic nitrogens is 2. The summed E-state index contributed by atoms with van der Waals surface area (Å²) in [6.07, 6.45) is 1.49. The van der Waals surface area contributed by atoms with Gasteiger partial charge in [-0.3, -0.25) is 4.79 Å². The first-order valence-corrected chi connectivity index (χ1v) is 8.58. The van der Waals surface area contributed by atoms with E-state index in [4.69, 9.17) is 0 Å². The van der Waals surface area contributed by atoms with E-state index < -0.39 is 0 Å². The number of benzene rings is 1. The van der Waals surface area contributed by atoms with E-state index in [2.05, 4.69) is 9.97 Å². The van der Waals surface area contributed by atoms with Gasteiger partial charge in [0.1, 0.15) is 21.9 Å². The molecule has 0 aliphatic rings. The lowest BCUT2D eigenvalue weighted by atomic mass is 10.2. The number of aliphatic hydroxyl groups excluding tert-OH is 1. The molecule has 0 unspecified atom stereocenters. The van der Waals surface area contributed by atoms with E-state index in [1.807, 2.05) is 36.4 Å². The van der Waals surface area contributed by atoms with Gasteiger partial charge in [-0.15, -0.1) is 11.3 Å². The lowest BCUT2D eigenvalue weighted by Gasteiger charge is -2.04. The van der Waals surface area contributed by atoms with Crippen molar-refractivity contribution in [3.05, 3.63) is 53.4 Å². The molecular formula is C17H14N2O2S2. The summed E-state index contributed by atoms with van der Waals surface area (Å²) < 4.78 is 0. The van der Waals surface area contributed by atoms with Crippen LogP contribution in [0.1, 0.15) is 13.8 Å². The van der Waals surface area contributed by atoms with E-state index >= 15 is 0 Å². The van der Waals surface area contributed by atoms with Crippen LogP contribution in [0.2, 0.25) is 0 Å². The van der Waals surface area contributed by atoms with Gasteiger partial charge < -0.3 is 5.11 Å². The predicted octanol–water partition coefficient (Wildman–Crippen LogP) is 4.83. The molecule has 0 saturated heterocycles. The van der Waals surface area contributed by atoms with Crippen LogP contribution in [0.25, 0.3) is 20.7 Å². The summed E-state index contributed by atoms with van der Waals surface area (Å²) in [5, 5.41) is 11.3. The van der Waals surface area contributed by atoms with Gasteiger partial charge in [-0.05, 0) is 25.5 Å². The van der Waals surface area contributed by atoms with Crippen molar-refractivity contribution in [2.45, 2.75) is 18.9 Å². The highest BCUT2D eigenvalue weighted by Gasteiger charge is 2.16. The van der Waals surface area contributed by atoms with Gasteiger partial charge in [-0.2, -0.15) is 0 Å². The summed E-state index contributed by atoms with van der Waals surface area (Å²) in [5.41, 5.74) is 1.12. The molecule has 0 spiro atoms. The third kappa shape index (κ3) is 3.28. The number of hydrogen-bond acceptors (Lipinski definition) is 6. The third-order valence-corrected chi connectivity index (χ3v) is 5.60. The molecule has 0 aliphatic heterocycles. The Morgan fingerprint density at radius 3 is 2.57 bits per heavy atom. The molecule has 116 valence electrons. The molecule has 2 heterocycles. The lowest BCUT2D eigenvalue weighted by Crippen LogP contribution is -1.97. The van der Waals surface area contributed by atoms with Crippen LogP contribution >= 0.6 is 23.1 Å². The Morgan fingerprint density at radius 2 is 1.91 bits per heavy atom. The molecule has 23 heavy (non-hydrogen) atoms. The van der Waals surface area contributed by atoms with Crippen LogP contribution in [-0.4, -0.2) is 20.9 Å². The van der Waals surface area contributed by atoms with Gasteiger partial charge in [0, 0.05) is 10.3 Å². The highest BCUT2D eigenvalue weighted by atomic mass is 32.2. The summed E-state index contributed by atoms with van der Waals surface area (Å²) in [6.45, 7) is 2.94. The third-order valence-electron chi connectivity index (χ3n) is 3.20. The topological polar surface area (TPSA) is 63.1 Å². The largest absolute Gasteiger partial charge is 0.511 e. The second-order valence-electron chi connectivity index (χ2n) is 4.95. The van der Waals surface area contributed by atoms with Crippen LogP contribution in [0.5, 0.6) is 0 Å². The molecule has 2 aromatic heterocycles. The maximum atomic E-state index is 11.7. The number of hydrogen-bond donors (Lipinski definition) is 1. The fraction of sp³-hybridized carbons (Fsp3) is 0.118. The second kappa shape index (κ2) is 6.52. The van der Waals surface area contributed by atoms with E-state index in [1.165, 1.54) is 31.9 Å². The molecule has 0 atom stereocenters. The fourth-order valence-corrected chi connectivity index (χ4v) is 4.08. The number of Topliss-reactive ketones (excluding diaryl/α,β-unsaturated/α-hetero) is 1. The first kappa shape index (κ1) is 15.7. The summed E-state index contributed by atoms with van der Waals surface area (Å²) >= 11 is 2.76. The summed E-state index contributed by atoms with van der Waals surface area (Å²) in [4.78, 5) is 22.5. The summed E-state index contributed by atoms with van der Waals surface area (Å²) in [6, 6.07) is 12.1. The summed E-state index contributed by atoms with van der Waals surface area (Å²) in [7, 11) is 0. The molecule has 1 N–H and O–H groups in total. The van der Waals surface area contributed by atoms with E-state index in [1.54, 1.807) is 11.3 Å². The number of carbonyl (C=O) groups is 1. The Labute approximate surface area is 141 Å². The van der Waals surface area contributed by atoms with Crippen molar-refractivity contribution in [1.82, 2.24) is 9.97 Å². The standard InChI is InChI=1S/C17H14N2O2S2/c1-10(20)15(11(2)21)23-17-13-8-14(12-6-4-3-5-7-12)22-16(13)18-9-19-17/h3-9,20H,1-2H3/b15-10-. The second-order valence-corrected chi connectivity index (χ2v) is 6.98. The Balaban J connectivity index is 2.08. The van der Waals surface area contributed by atoms with Gasteiger partial charge in [0.15, 0.2) is 5.78 Å². The zero-order chi connectivity index (χ0) is 16.4. The maximum Gasteiger partial charge on any atom is 0.169 e. The number of carbonyl (C=O) groups excluding carboxylic acids is 1. The van der Waals surface area contributed by atoms with Gasteiger partial charge in [0.05, 0.1) is 4.91 Å². The van der Waals surface area contributed by atoms with Crippen molar-refractivity contribution in [1.29, 1.82) is 0 Å². The van der Waals surface area contributed by atoms with Crippen molar-refractivity contribution in [2.24, 2.45) is 0 Å². The molecule has 3 rings (SSSR count). The Hall–Kier alpha value is -2.18. The minimum absolute atomic E-state index is 0.00720. The minimum atomic E-state index is -0.180. The molecule has 6 heteroatoms. The molecule has 0 amide bonds. The number of fused-ring (bicyclic) bond motifs is 1. The van der Waals surface area contributed by atoms with Crippen LogP contribution < -0.4 is 0 Å². The number of ketones is 1. The molecule has 0 radical (unpaired) electrons. The first-order chi connectivity index (χ1) is 11.1. The number of nitrogens with zero attached hydrogens (tertiary/aromatic N) is 2. The maximum absolute atomic E-state index is 11.7. The molecule has 0 fully saturated rings. The number of thioether (sulfide) groups is 1. The number of thiophene rings is 1. The van der Waals surface area contributed by atoms with Crippen molar-refractivity contribution in [2.75, 3.05) is 0 Å². The van der Waals surface area contributed by atoms with Crippen molar-refractivity contribution >= 4 is 39.1 Å². The lowest BCUT2D eigenvalue weighted by molar-refractivity contribution is -0.113. The zero-order valence-electron chi connectivity index (χ0n) is 12.6. The van der Waals surface area contributed by atoms with E-state index in [0.29, 0.717) is 9.93 Å². The Kier molecular flexibility index (Phi) is 4.45. The highest BCUT2D eigenvalue weighted by Crippen LogP contribution is 2.38. The number of aliphatic hydroxyl groups is 1. The normalized spacial score (nSPS) is 12.3. The van der Waals surface area contributed by atoms with Crippen molar-refractivity contribution in [3.63, 3.8) is 0 Å². The molecule has 1 aromatic carbocycles. The monoisotopic (exact) mass is 342 g/mol. The Bertz CT molecular complexity index is 897. The van der Waals surface area contributed by atoms with E-state index in [-0.39, 0.29) is 11.5 Å². The first-order valence-electron chi connectivity index (χ1n) is 6.95. The minimum Gasteiger partial charge on any atom is -0.511 e. The van der Waals surface area contributed by atoms with Crippen LogP contribution in [0.3, 0.4) is 0 Å². The van der Waals surface area contributed by atoms with Gasteiger partial charge in [-0.1, -0.05) is 42.1 Å².